The molecule has 1 aliphatic carbocycles. The average Bonchev–Trinajstić information content (AvgIpc) is 3.68. The van der Waals surface area contributed by atoms with E-state index in [0.29, 0.717) is 23.0 Å². The second-order valence-corrected chi connectivity index (χ2v) is 14.2. The maximum atomic E-state index is 13.6. The Morgan fingerprint density at radius 2 is 1.79 bits per heavy atom. The van der Waals surface area contributed by atoms with Gasteiger partial charge in [0.25, 0.3) is 0 Å². The summed E-state index contributed by atoms with van der Waals surface area (Å²) in [5.74, 6) is -0.325. The molecule has 0 radical (unpaired) electrons. The van der Waals surface area contributed by atoms with Gasteiger partial charge in [-0.1, -0.05) is 36.7 Å². The number of rotatable bonds is 10. The number of benzene rings is 2. The van der Waals surface area contributed by atoms with E-state index in [1.807, 2.05) is 4.90 Å². The van der Waals surface area contributed by atoms with Crippen molar-refractivity contribution >= 4 is 39.1 Å². The second kappa shape index (κ2) is 12.0. The molecule has 2 heterocycles. The van der Waals surface area contributed by atoms with Crippen molar-refractivity contribution in [3.8, 4) is 17.2 Å². The zero-order valence-corrected chi connectivity index (χ0v) is 24.9. The van der Waals surface area contributed by atoms with Crippen LogP contribution in [0.2, 0.25) is 5.02 Å². The van der Waals surface area contributed by atoms with Crippen LogP contribution in [-0.2, 0) is 10.0 Å². The van der Waals surface area contributed by atoms with Crippen LogP contribution in [0.15, 0.2) is 64.4 Å². The molecule has 0 atom stereocenters. The van der Waals surface area contributed by atoms with Gasteiger partial charge in [-0.15, -0.1) is 24.9 Å². The van der Waals surface area contributed by atoms with Crippen molar-refractivity contribution in [1.82, 2.24) is 14.1 Å². The molecule has 0 unspecified atom stereocenters. The fourth-order valence-electron chi connectivity index (χ4n) is 4.38. The molecule has 0 amide bonds. The SMILES string of the molecule is CC1(COc2c(N3CCN(S(=O)(=O)CSc4ccccc4OC(F)(F)F)CC3)cnn(-c3cccc(Cl)c3)c2=O)CC1. The molecule has 1 aliphatic heterocycles. The molecule has 2 aliphatic rings. The van der Waals surface area contributed by atoms with Gasteiger partial charge in [-0.2, -0.15) is 14.1 Å². The number of sulfonamides is 1. The first-order valence-corrected chi connectivity index (χ1v) is 16.0. The molecule has 1 saturated heterocycles. The van der Waals surface area contributed by atoms with E-state index in [1.165, 1.54) is 33.4 Å². The first-order chi connectivity index (χ1) is 19.8. The van der Waals surface area contributed by atoms with Gasteiger partial charge in [-0.25, -0.2) is 8.42 Å². The van der Waals surface area contributed by atoms with Gasteiger partial charge in [0.05, 0.1) is 23.4 Å². The van der Waals surface area contributed by atoms with Crippen LogP contribution in [0.4, 0.5) is 18.9 Å². The first kappa shape index (κ1) is 30.5. The smallest absolute Gasteiger partial charge is 0.486 e. The van der Waals surface area contributed by atoms with Crippen LogP contribution in [0.1, 0.15) is 19.8 Å². The normalized spacial score (nSPS) is 17.2. The highest BCUT2D eigenvalue weighted by molar-refractivity contribution is 8.11. The molecule has 0 N–H and O–H groups in total. The highest BCUT2D eigenvalue weighted by Crippen LogP contribution is 2.45. The zero-order valence-electron chi connectivity index (χ0n) is 22.5. The van der Waals surface area contributed by atoms with Crippen LogP contribution < -0.4 is 19.9 Å². The highest BCUT2D eigenvalue weighted by atomic mass is 35.5. The first-order valence-electron chi connectivity index (χ1n) is 13.1. The molecule has 2 fully saturated rings. The van der Waals surface area contributed by atoms with E-state index < -0.39 is 32.8 Å². The Bertz CT molecular complexity index is 1610. The molecule has 1 saturated carbocycles. The standard InChI is InChI=1S/C27H28ClF3N4O5S2/c1-26(9-10-26)17-39-24-21(16-32-35(25(24)36)20-6-4-5-19(28)15-20)33-11-13-34(14-12-33)42(37,38)18-41-23-8-3-2-7-22(23)40-27(29,30)31/h2-8,15-16H,9-14,17-18H2,1H3. The summed E-state index contributed by atoms with van der Waals surface area (Å²) in [4.78, 5) is 15.5. The predicted octanol–water partition coefficient (Wildman–Crippen LogP) is 5.17. The minimum Gasteiger partial charge on any atom is -0.486 e. The monoisotopic (exact) mass is 644 g/mol. The predicted molar refractivity (Wildman–Crippen MR) is 154 cm³/mol. The third-order valence-corrected chi connectivity index (χ3v) is 10.7. The number of hydrogen-bond donors (Lipinski definition) is 0. The van der Waals surface area contributed by atoms with Crippen molar-refractivity contribution in [3.63, 3.8) is 0 Å². The van der Waals surface area contributed by atoms with E-state index in [2.05, 4.69) is 16.8 Å². The van der Waals surface area contributed by atoms with Gasteiger partial charge in [0.15, 0.2) is 0 Å². The molecular weight excluding hydrogens is 617 g/mol. The van der Waals surface area contributed by atoms with Gasteiger partial charge in [-0.3, -0.25) is 4.79 Å². The number of piperazine rings is 1. The van der Waals surface area contributed by atoms with E-state index >= 15 is 0 Å². The summed E-state index contributed by atoms with van der Waals surface area (Å²) in [5.41, 5.74) is 0.497. The third-order valence-electron chi connectivity index (χ3n) is 7.05. The lowest BCUT2D eigenvalue weighted by Crippen LogP contribution is -2.49. The Morgan fingerprint density at radius 3 is 2.45 bits per heavy atom. The van der Waals surface area contributed by atoms with Gasteiger partial charge in [-0.05, 0) is 43.2 Å². The van der Waals surface area contributed by atoms with Gasteiger partial charge in [0.1, 0.15) is 16.5 Å². The van der Waals surface area contributed by atoms with Crippen LogP contribution in [0.25, 0.3) is 5.69 Å². The van der Waals surface area contributed by atoms with E-state index in [4.69, 9.17) is 16.3 Å². The minimum absolute atomic E-state index is 0.00205. The van der Waals surface area contributed by atoms with Crippen LogP contribution in [0, 0.1) is 5.41 Å². The van der Waals surface area contributed by atoms with Gasteiger partial charge >= 0.3 is 11.9 Å². The summed E-state index contributed by atoms with van der Waals surface area (Å²) in [6, 6.07) is 12.1. The Balaban J connectivity index is 1.30. The number of aromatic nitrogens is 2. The van der Waals surface area contributed by atoms with Crippen LogP contribution >= 0.6 is 23.4 Å². The number of thioether (sulfide) groups is 1. The van der Waals surface area contributed by atoms with Crippen LogP contribution in [0.5, 0.6) is 11.5 Å². The summed E-state index contributed by atoms with van der Waals surface area (Å²) in [5, 5.41) is 4.33. The number of para-hydroxylation sites is 1. The van der Waals surface area contributed by atoms with Crippen LogP contribution in [0.3, 0.4) is 0 Å². The van der Waals surface area contributed by atoms with E-state index in [0.717, 1.165) is 30.7 Å². The lowest BCUT2D eigenvalue weighted by molar-refractivity contribution is -0.275. The molecule has 1 aromatic heterocycles. The molecule has 2 aromatic carbocycles. The highest BCUT2D eigenvalue weighted by Gasteiger charge is 2.39. The zero-order chi connectivity index (χ0) is 30.1. The fourth-order valence-corrected chi connectivity index (χ4v) is 7.41. The van der Waals surface area contributed by atoms with E-state index in [9.17, 15) is 26.4 Å². The van der Waals surface area contributed by atoms with Crippen molar-refractivity contribution < 1.29 is 31.1 Å². The molecule has 0 spiro atoms. The maximum absolute atomic E-state index is 13.6. The van der Waals surface area contributed by atoms with Crippen molar-refractivity contribution in [2.45, 2.75) is 31.0 Å². The molecule has 0 bridgehead atoms. The fraction of sp³-hybridized carbons (Fsp3) is 0.407. The summed E-state index contributed by atoms with van der Waals surface area (Å²) in [6.07, 6.45) is -1.37. The Kier molecular flexibility index (Phi) is 8.70. The Hall–Kier alpha value is -2.94. The van der Waals surface area contributed by atoms with Crippen LogP contribution in [-0.4, -0.2) is 66.7 Å². The topological polar surface area (TPSA) is 94.0 Å². The van der Waals surface area contributed by atoms with Gasteiger partial charge in [0, 0.05) is 36.6 Å². The van der Waals surface area contributed by atoms with Crippen molar-refractivity contribution in [3.05, 3.63) is 70.1 Å². The lowest BCUT2D eigenvalue weighted by atomic mass is 10.2. The number of halogens is 4. The van der Waals surface area contributed by atoms with Crippen molar-refractivity contribution in [2.24, 2.45) is 5.41 Å². The molecule has 5 rings (SSSR count). The summed E-state index contributed by atoms with van der Waals surface area (Å²) in [6.45, 7) is 3.18. The summed E-state index contributed by atoms with van der Waals surface area (Å²) in [7, 11) is -3.83. The lowest BCUT2D eigenvalue weighted by Gasteiger charge is -2.35. The number of hydrogen-bond acceptors (Lipinski definition) is 8. The average molecular weight is 645 g/mol. The van der Waals surface area contributed by atoms with Crippen molar-refractivity contribution in [2.75, 3.05) is 42.8 Å². The molecule has 15 heteroatoms. The number of nitrogens with zero attached hydrogens (tertiary/aromatic N) is 4. The molecule has 3 aromatic rings. The molecule has 9 nitrogen and oxygen atoms in total. The quantitative estimate of drug-likeness (QED) is 0.279. The van der Waals surface area contributed by atoms with E-state index in [1.54, 1.807) is 24.3 Å². The summed E-state index contributed by atoms with van der Waals surface area (Å²) >= 11 is 6.87. The number of alkyl halides is 3. The Morgan fingerprint density at radius 1 is 1.07 bits per heavy atom. The van der Waals surface area contributed by atoms with E-state index in [-0.39, 0.29) is 42.2 Å². The molecular formula is C27H28ClF3N4O5S2. The minimum atomic E-state index is -4.89. The number of anilines is 1. The molecule has 226 valence electrons. The van der Waals surface area contributed by atoms with Gasteiger partial charge < -0.3 is 14.4 Å². The number of ether oxygens (including phenoxy) is 2. The molecule has 42 heavy (non-hydrogen) atoms. The second-order valence-electron chi connectivity index (χ2n) is 10.4. The summed E-state index contributed by atoms with van der Waals surface area (Å²) < 4.78 is 77.1. The van der Waals surface area contributed by atoms with Gasteiger partial charge in [0.2, 0.25) is 15.8 Å². The Labute approximate surface area is 250 Å². The maximum Gasteiger partial charge on any atom is 0.573 e. The van der Waals surface area contributed by atoms with Crippen molar-refractivity contribution in [1.29, 1.82) is 0 Å². The third kappa shape index (κ3) is 7.33. The largest absolute Gasteiger partial charge is 0.573 e.